The van der Waals surface area contributed by atoms with E-state index in [2.05, 4.69) is 16.6 Å². The van der Waals surface area contributed by atoms with Crippen LogP contribution in [0.5, 0.6) is 0 Å². The van der Waals surface area contributed by atoms with Crippen molar-refractivity contribution in [3.8, 4) is 12.3 Å². The Balaban J connectivity index is 2.46. The van der Waals surface area contributed by atoms with Crippen molar-refractivity contribution in [1.29, 1.82) is 0 Å². The Hall–Kier alpha value is -3.01. The summed E-state index contributed by atoms with van der Waals surface area (Å²) in [6, 6.07) is 5.18. The zero-order chi connectivity index (χ0) is 25.1. The molecule has 1 aliphatic carbocycles. The Morgan fingerprint density at radius 1 is 1.15 bits per heavy atom. The van der Waals surface area contributed by atoms with Gasteiger partial charge in [-0.15, -0.1) is 6.42 Å². The monoisotopic (exact) mass is 455 g/mol. The smallest absolute Gasteiger partial charge is 0.408 e. The third-order valence-electron chi connectivity index (χ3n) is 5.22. The van der Waals surface area contributed by atoms with E-state index in [-0.39, 0.29) is 23.8 Å². The molecule has 1 fully saturated rings. The van der Waals surface area contributed by atoms with Crippen LogP contribution in [0.15, 0.2) is 24.3 Å². The first-order valence-electron chi connectivity index (χ1n) is 11.3. The number of terminal acetylenes is 1. The van der Waals surface area contributed by atoms with Crippen molar-refractivity contribution < 1.29 is 19.1 Å². The van der Waals surface area contributed by atoms with Crippen molar-refractivity contribution in [2.24, 2.45) is 5.92 Å². The van der Waals surface area contributed by atoms with Gasteiger partial charge in [-0.1, -0.05) is 31.0 Å². The SMILES string of the molecule is C#Cc1ccccc1C(C(=O)NC(C)(C)C)N(C(=O)C(C)NC(=O)OC(C)(C)C)C1CC1C. The number of rotatable bonds is 6. The zero-order valence-corrected chi connectivity index (χ0v) is 21.0. The zero-order valence-electron chi connectivity index (χ0n) is 21.0. The van der Waals surface area contributed by atoms with Crippen LogP contribution in [0.3, 0.4) is 0 Å². The topological polar surface area (TPSA) is 87.7 Å². The molecule has 0 heterocycles. The standard InChI is InChI=1S/C26H37N3O4/c1-10-18-13-11-12-14-19(18)21(22(30)28-25(4,5)6)29(20-15-16(20)2)23(31)17(3)27-24(32)33-26(7,8)9/h1,11-14,16-17,20-21H,15H2,2-9H3,(H,27,32)(H,28,30). The molecule has 2 rings (SSSR count). The van der Waals surface area contributed by atoms with Crippen molar-refractivity contribution in [1.82, 2.24) is 15.5 Å². The molecule has 0 bridgehead atoms. The highest BCUT2D eigenvalue weighted by molar-refractivity contribution is 5.93. The highest BCUT2D eigenvalue weighted by Gasteiger charge is 2.48. The van der Waals surface area contributed by atoms with E-state index < -0.39 is 29.3 Å². The second kappa shape index (κ2) is 9.86. The number of hydrogen-bond donors (Lipinski definition) is 2. The number of carbonyl (C=O) groups excluding carboxylic acids is 3. The van der Waals surface area contributed by atoms with E-state index in [0.29, 0.717) is 11.1 Å². The van der Waals surface area contributed by atoms with Crippen LogP contribution < -0.4 is 10.6 Å². The van der Waals surface area contributed by atoms with Crippen molar-refractivity contribution >= 4 is 17.9 Å². The van der Waals surface area contributed by atoms with Gasteiger partial charge in [0.1, 0.15) is 17.7 Å². The van der Waals surface area contributed by atoms with Crippen LogP contribution in [0, 0.1) is 18.3 Å². The normalized spacial score (nSPS) is 19.5. The summed E-state index contributed by atoms with van der Waals surface area (Å²) < 4.78 is 5.30. The van der Waals surface area contributed by atoms with Crippen LogP contribution in [0.25, 0.3) is 0 Å². The van der Waals surface area contributed by atoms with Gasteiger partial charge in [-0.3, -0.25) is 9.59 Å². The van der Waals surface area contributed by atoms with E-state index in [1.54, 1.807) is 56.9 Å². The maximum atomic E-state index is 13.7. The molecule has 2 N–H and O–H groups in total. The number of nitrogens with zero attached hydrogens (tertiary/aromatic N) is 1. The fraction of sp³-hybridized carbons (Fsp3) is 0.577. The van der Waals surface area contributed by atoms with Gasteiger partial charge in [0.25, 0.3) is 0 Å². The van der Waals surface area contributed by atoms with Gasteiger partial charge in [-0.05, 0) is 72.4 Å². The molecule has 1 aromatic carbocycles. The number of carbonyl (C=O) groups is 3. The molecule has 0 radical (unpaired) electrons. The summed E-state index contributed by atoms with van der Waals surface area (Å²) in [7, 11) is 0. The van der Waals surface area contributed by atoms with E-state index in [0.717, 1.165) is 6.42 Å². The lowest BCUT2D eigenvalue weighted by atomic mass is 9.96. The van der Waals surface area contributed by atoms with E-state index in [1.165, 1.54) is 0 Å². The summed E-state index contributed by atoms with van der Waals surface area (Å²) in [6.07, 6.45) is 5.82. The number of amides is 3. The highest BCUT2D eigenvalue weighted by atomic mass is 16.6. The number of alkyl carbamates (subject to hydrolysis) is 1. The Bertz CT molecular complexity index is 936. The number of hydrogen-bond acceptors (Lipinski definition) is 4. The summed E-state index contributed by atoms with van der Waals surface area (Å²) >= 11 is 0. The van der Waals surface area contributed by atoms with Gasteiger partial charge in [0, 0.05) is 17.1 Å². The number of benzene rings is 1. The van der Waals surface area contributed by atoms with E-state index in [4.69, 9.17) is 11.2 Å². The summed E-state index contributed by atoms with van der Waals surface area (Å²) in [5.41, 5.74) is -0.0765. The Kier molecular flexibility index (Phi) is 7.84. The maximum Gasteiger partial charge on any atom is 0.408 e. The minimum absolute atomic E-state index is 0.137. The van der Waals surface area contributed by atoms with Crippen LogP contribution in [0.4, 0.5) is 4.79 Å². The molecule has 1 saturated carbocycles. The molecular formula is C26H37N3O4. The molecule has 0 aromatic heterocycles. The molecule has 0 spiro atoms. The minimum Gasteiger partial charge on any atom is -0.444 e. The third-order valence-corrected chi connectivity index (χ3v) is 5.22. The van der Waals surface area contributed by atoms with Crippen LogP contribution >= 0.6 is 0 Å². The average molecular weight is 456 g/mol. The summed E-state index contributed by atoms with van der Waals surface area (Å²) in [5, 5.41) is 5.61. The van der Waals surface area contributed by atoms with Crippen molar-refractivity contribution in [2.75, 3.05) is 0 Å². The quantitative estimate of drug-likeness (QED) is 0.639. The van der Waals surface area contributed by atoms with E-state index in [1.807, 2.05) is 27.7 Å². The second-order valence-corrected chi connectivity index (χ2v) is 10.8. The summed E-state index contributed by atoms with van der Waals surface area (Å²) in [5.74, 6) is 2.18. The number of ether oxygens (including phenoxy) is 1. The maximum absolute atomic E-state index is 13.7. The molecule has 1 aliphatic rings. The predicted molar refractivity (Wildman–Crippen MR) is 128 cm³/mol. The molecule has 0 aliphatic heterocycles. The summed E-state index contributed by atoms with van der Waals surface area (Å²) in [6.45, 7) is 14.5. The average Bonchev–Trinajstić information content (AvgIpc) is 3.38. The van der Waals surface area contributed by atoms with Gasteiger partial charge in [-0.2, -0.15) is 0 Å². The lowest BCUT2D eigenvalue weighted by Crippen LogP contribution is -2.54. The third kappa shape index (κ3) is 7.24. The van der Waals surface area contributed by atoms with Gasteiger partial charge < -0.3 is 20.3 Å². The van der Waals surface area contributed by atoms with Gasteiger partial charge in [0.05, 0.1) is 0 Å². The minimum atomic E-state index is -0.929. The lowest BCUT2D eigenvalue weighted by Gasteiger charge is -2.36. The summed E-state index contributed by atoms with van der Waals surface area (Å²) in [4.78, 5) is 41.1. The Labute approximate surface area is 197 Å². The molecule has 180 valence electrons. The molecule has 4 unspecified atom stereocenters. The molecule has 0 saturated heterocycles. The van der Waals surface area contributed by atoms with E-state index >= 15 is 0 Å². The molecular weight excluding hydrogens is 418 g/mol. The Morgan fingerprint density at radius 2 is 1.73 bits per heavy atom. The number of nitrogens with one attached hydrogen (secondary N) is 2. The van der Waals surface area contributed by atoms with Crippen molar-refractivity contribution in [2.45, 2.75) is 91.1 Å². The van der Waals surface area contributed by atoms with Crippen molar-refractivity contribution in [3.63, 3.8) is 0 Å². The first kappa shape index (κ1) is 26.2. The fourth-order valence-corrected chi connectivity index (χ4v) is 3.66. The molecule has 7 heteroatoms. The molecule has 3 amide bonds. The Morgan fingerprint density at radius 3 is 2.21 bits per heavy atom. The highest BCUT2D eigenvalue weighted by Crippen LogP contribution is 2.41. The predicted octanol–water partition coefficient (Wildman–Crippen LogP) is 3.77. The van der Waals surface area contributed by atoms with E-state index in [9.17, 15) is 14.4 Å². The van der Waals surface area contributed by atoms with Crippen molar-refractivity contribution in [3.05, 3.63) is 35.4 Å². The second-order valence-electron chi connectivity index (χ2n) is 10.8. The van der Waals surface area contributed by atoms with Crippen LogP contribution in [0.2, 0.25) is 0 Å². The molecule has 1 aromatic rings. The molecule has 7 nitrogen and oxygen atoms in total. The van der Waals surface area contributed by atoms with Gasteiger partial charge in [-0.25, -0.2) is 4.79 Å². The van der Waals surface area contributed by atoms with Gasteiger partial charge in [0.15, 0.2) is 0 Å². The largest absolute Gasteiger partial charge is 0.444 e. The molecule has 4 atom stereocenters. The first-order chi connectivity index (χ1) is 15.1. The van der Waals surface area contributed by atoms with Crippen LogP contribution in [0.1, 0.15) is 79.0 Å². The van der Waals surface area contributed by atoms with Crippen LogP contribution in [-0.4, -0.2) is 46.0 Å². The lowest BCUT2D eigenvalue weighted by molar-refractivity contribution is -0.143. The molecule has 33 heavy (non-hydrogen) atoms. The first-order valence-corrected chi connectivity index (χ1v) is 11.3. The fourth-order valence-electron chi connectivity index (χ4n) is 3.66. The van der Waals surface area contributed by atoms with Gasteiger partial charge >= 0.3 is 6.09 Å². The van der Waals surface area contributed by atoms with Gasteiger partial charge in [0.2, 0.25) is 11.8 Å². The van der Waals surface area contributed by atoms with Crippen LogP contribution in [-0.2, 0) is 14.3 Å².